The van der Waals surface area contributed by atoms with Crippen LogP contribution in [0.1, 0.15) is 55.7 Å². The molecule has 1 aromatic rings. The van der Waals surface area contributed by atoms with Crippen molar-refractivity contribution >= 4 is 10.0 Å². The van der Waals surface area contributed by atoms with E-state index in [0.29, 0.717) is 10.8 Å². The van der Waals surface area contributed by atoms with Crippen LogP contribution in [0.3, 0.4) is 0 Å². The summed E-state index contributed by atoms with van der Waals surface area (Å²) in [4.78, 5) is 0.480. The Labute approximate surface area is 152 Å². The van der Waals surface area contributed by atoms with Gasteiger partial charge in [0.25, 0.3) is 0 Å². The molecule has 25 heavy (non-hydrogen) atoms. The first-order chi connectivity index (χ1) is 11.7. The van der Waals surface area contributed by atoms with E-state index in [4.69, 9.17) is 0 Å². The van der Waals surface area contributed by atoms with Crippen molar-refractivity contribution in [2.24, 2.45) is 29.6 Å². The molecule has 0 aromatic heterocycles. The molecule has 0 aliphatic heterocycles. The van der Waals surface area contributed by atoms with Crippen LogP contribution >= 0.6 is 0 Å². The third-order valence-corrected chi connectivity index (χ3v) is 8.95. The zero-order chi connectivity index (χ0) is 17.9. The van der Waals surface area contributed by atoms with Gasteiger partial charge in [0, 0.05) is 6.04 Å². The molecule has 0 heterocycles. The van der Waals surface area contributed by atoms with Crippen molar-refractivity contribution in [1.82, 2.24) is 4.72 Å². The molecule has 4 fully saturated rings. The van der Waals surface area contributed by atoms with Gasteiger partial charge in [-0.1, -0.05) is 17.7 Å². The second-order valence-corrected chi connectivity index (χ2v) is 10.8. The summed E-state index contributed by atoms with van der Waals surface area (Å²) >= 11 is 0. The molecule has 0 saturated heterocycles. The van der Waals surface area contributed by atoms with Crippen LogP contribution in [-0.4, -0.2) is 14.5 Å². The Morgan fingerprint density at radius 3 is 1.88 bits per heavy atom. The zero-order valence-corrected chi connectivity index (χ0v) is 16.7. The summed E-state index contributed by atoms with van der Waals surface area (Å²) in [7, 11) is -3.47. The van der Waals surface area contributed by atoms with Gasteiger partial charge in [-0.15, -0.1) is 0 Å². The van der Waals surface area contributed by atoms with Crippen molar-refractivity contribution in [2.45, 2.75) is 70.7 Å². The van der Waals surface area contributed by atoms with Crippen molar-refractivity contribution < 1.29 is 8.42 Å². The fourth-order valence-electron chi connectivity index (χ4n) is 6.76. The average Bonchev–Trinajstić information content (AvgIpc) is 2.43. The van der Waals surface area contributed by atoms with Gasteiger partial charge in [-0.3, -0.25) is 0 Å². The van der Waals surface area contributed by atoms with Gasteiger partial charge in [0.05, 0.1) is 4.90 Å². The quantitative estimate of drug-likeness (QED) is 0.866. The van der Waals surface area contributed by atoms with Gasteiger partial charge >= 0.3 is 0 Å². The molecule has 1 N–H and O–H groups in total. The van der Waals surface area contributed by atoms with Crippen LogP contribution in [0.25, 0.3) is 0 Å². The van der Waals surface area contributed by atoms with Crippen molar-refractivity contribution in [3.8, 4) is 0 Å². The summed E-state index contributed by atoms with van der Waals surface area (Å²) in [6.45, 7) is 7.93. The molecule has 0 spiro atoms. The van der Waals surface area contributed by atoms with E-state index in [1.807, 2.05) is 32.9 Å². The monoisotopic (exact) mass is 361 g/mol. The normalized spacial score (nSPS) is 35.1. The Balaban J connectivity index is 1.57. The summed E-state index contributed by atoms with van der Waals surface area (Å²) < 4.78 is 29.3. The van der Waals surface area contributed by atoms with Gasteiger partial charge in [-0.2, -0.15) is 0 Å². The van der Waals surface area contributed by atoms with Crippen molar-refractivity contribution in [3.63, 3.8) is 0 Å². The minimum atomic E-state index is -3.47. The van der Waals surface area contributed by atoms with Crippen LogP contribution < -0.4 is 4.72 Å². The topological polar surface area (TPSA) is 46.2 Å². The molecule has 4 aliphatic rings. The zero-order valence-electron chi connectivity index (χ0n) is 15.9. The van der Waals surface area contributed by atoms with Crippen LogP contribution in [0.5, 0.6) is 0 Å². The number of hydrogen-bond acceptors (Lipinski definition) is 2. The molecule has 3 nitrogen and oxygen atoms in total. The fourth-order valence-corrected chi connectivity index (χ4v) is 8.49. The Bertz CT molecular complexity index is 732. The van der Waals surface area contributed by atoms with E-state index in [2.05, 4.69) is 11.6 Å². The molecular formula is C21H31NO2S. The molecule has 1 unspecified atom stereocenters. The van der Waals surface area contributed by atoms with E-state index in [-0.39, 0.29) is 6.04 Å². The van der Waals surface area contributed by atoms with Gasteiger partial charge in [-0.25, -0.2) is 13.1 Å². The summed E-state index contributed by atoms with van der Waals surface area (Å²) in [6.07, 6.45) is 6.73. The Morgan fingerprint density at radius 1 is 0.920 bits per heavy atom. The SMILES string of the molecule is Cc1cc(C)c(S(=O)(=O)NC(C)C2C3CC4CC(C3)CC2C4)c(C)c1. The summed E-state index contributed by atoms with van der Waals surface area (Å²) in [5.41, 5.74) is 2.81. The number of rotatable bonds is 4. The molecule has 4 bridgehead atoms. The van der Waals surface area contributed by atoms with Crippen LogP contribution in [0.15, 0.2) is 17.0 Å². The van der Waals surface area contributed by atoms with Crippen LogP contribution in [0, 0.1) is 50.4 Å². The third kappa shape index (κ3) is 3.06. The maximum atomic E-state index is 13.1. The first kappa shape index (κ1) is 17.5. The Morgan fingerprint density at radius 2 is 1.40 bits per heavy atom. The van der Waals surface area contributed by atoms with E-state index in [0.717, 1.165) is 40.4 Å². The number of benzene rings is 1. The molecule has 1 aromatic carbocycles. The van der Waals surface area contributed by atoms with E-state index in [9.17, 15) is 8.42 Å². The lowest BCUT2D eigenvalue weighted by Gasteiger charge is -2.56. The van der Waals surface area contributed by atoms with E-state index >= 15 is 0 Å². The average molecular weight is 362 g/mol. The summed E-state index contributed by atoms with van der Waals surface area (Å²) in [5.74, 6) is 3.82. The fraction of sp³-hybridized carbons (Fsp3) is 0.714. The maximum absolute atomic E-state index is 13.1. The van der Waals surface area contributed by atoms with Crippen LogP contribution in [0.2, 0.25) is 0 Å². The molecule has 5 rings (SSSR count). The van der Waals surface area contributed by atoms with Crippen LogP contribution in [0.4, 0.5) is 0 Å². The minimum Gasteiger partial charge on any atom is -0.208 e. The number of hydrogen-bond donors (Lipinski definition) is 1. The summed E-state index contributed by atoms with van der Waals surface area (Å²) in [6, 6.07) is 3.96. The lowest BCUT2D eigenvalue weighted by Crippen LogP contribution is -2.53. The van der Waals surface area contributed by atoms with Crippen molar-refractivity contribution in [2.75, 3.05) is 0 Å². The lowest BCUT2D eigenvalue weighted by atomic mass is 9.51. The van der Waals surface area contributed by atoms with Gasteiger partial charge in [0.15, 0.2) is 0 Å². The predicted molar refractivity (Wildman–Crippen MR) is 101 cm³/mol. The predicted octanol–water partition coefficient (Wildman–Crippen LogP) is 4.35. The van der Waals surface area contributed by atoms with Gasteiger partial charge in [0.2, 0.25) is 10.0 Å². The highest BCUT2D eigenvalue weighted by molar-refractivity contribution is 7.89. The van der Waals surface area contributed by atoms with Crippen molar-refractivity contribution in [1.29, 1.82) is 0 Å². The number of nitrogens with one attached hydrogen (secondary N) is 1. The van der Waals surface area contributed by atoms with E-state index in [1.54, 1.807) is 0 Å². The minimum absolute atomic E-state index is 0.0279. The Hall–Kier alpha value is -0.870. The number of sulfonamides is 1. The molecule has 0 radical (unpaired) electrons. The molecule has 1 atom stereocenters. The Kier molecular flexibility index (Phi) is 4.27. The molecule has 0 amide bonds. The highest BCUT2D eigenvalue weighted by atomic mass is 32.2. The lowest BCUT2D eigenvalue weighted by molar-refractivity contribution is -0.0463. The summed E-state index contributed by atoms with van der Waals surface area (Å²) in [5, 5.41) is 0. The molecule has 4 heteroatoms. The van der Waals surface area contributed by atoms with Gasteiger partial charge in [-0.05, 0) is 101 Å². The molecule has 138 valence electrons. The van der Waals surface area contributed by atoms with E-state index < -0.39 is 10.0 Å². The smallest absolute Gasteiger partial charge is 0.208 e. The second-order valence-electron chi connectivity index (χ2n) is 9.15. The van der Waals surface area contributed by atoms with Gasteiger partial charge < -0.3 is 0 Å². The maximum Gasteiger partial charge on any atom is 0.241 e. The molecule has 4 aliphatic carbocycles. The first-order valence-corrected chi connectivity index (χ1v) is 11.3. The standard InChI is InChI=1S/C21H31NO2S/c1-12-5-13(2)21(14(3)6-12)25(23,24)22-15(4)20-18-8-16-7-17(10-18)11-19(20)9-16/h5-6,15-20,22H,7-11H2,1-4H3. The third-order valence-electron chi connectivity index (χ3n) is 7.09. The first-order valence-electron chi connectivity index (χ1n) is 9.84. The highest BCUT2D eigenvalue weighted by Gasteiger charge is 2.50. The number of aryl methyl sites for hydroxylation is 3. The van der Waals surface area contributed by atoms with Crippen LogP contribution in [-0.2, 0) is 10.0 Å². The second kappa shape index (κ2) is 6.09. The molecular weight excluding hydrogens is 330 g/mol. The molecule has 4 saturated carbocycles. The largest absolute Gasteiger partial charge is 0.241 e. The van der Waals surface area contributed by atoms with E-state index in [1.165, 1.54) is 32.1 Å². The van der Waals surface area contributed by atoms with Gasteiger partial charge in [0.1, 0.15) is 0 Å². The highest BCUT2D eigenvalue weighted by Crippen LogP contribution is 2.57. The van der Waals surface area contributed by atoms with Crippen molar-refractivity contribution in [3.05, 3.63) is 28.8 Å².